The van der Waals surface area contributed by atoms with Gasteiger partial charge >= 0.3 is 12.0 Å². The molecule has 6 heteroatoms. The summed E-state index contributed by atoms with van der Waals surface area (Å²) in [4.78, 5) is 22.1. The van der Waals surface area contributed by atoms with Crippen LogP contribution < -0.4 is 10.6 Å². The summed E-state index contributed by atoms with van der Waals surface area (Å²) in [6.45, 7) is 6.02. The van der Waals surface area contributed by atoms with Crippen molar-refractivity contribution in [1.82, 2.24) is 10.6 Å². The fraction of sp³-hybridized carbons (Fsp3) is 0.818. The first-order valence-corrected chi connectivity index (χ1v) is 6.93. The van der Waals surface area contributed by atoms with Crippen LogP contribution in [0.4, 0.5) is 4.79 Å². The number of urea groups is 1. The van der Waals surface area contributed by atoms with Gasteiger partial charge < -0.3 is 15.7 Å². The average molecular weight is 262 g/mol. The Morgan fingerprint density at radius 3 is 2.47 bits per heavy atom. The molecule has 100 valence electrons. The van der Waals surface area contributed by atoms with Crippen LogP contribution in [0.2, 0.25) is 0 Å². The second-order valence-corrected chi connectivity index (χ2v) is 5.76. The molecule has 17 heavy (non-hydrogen) atoms. The van der Waals surface area contributed by atoms with Gasteiger partial charge in [-0.3, -0.25) is 4.79 Å². The Hall–Kier alpha value is -0.910. The van der Waals surface area contributed by atoms with Crippen molar-refractivity contribution in [2.24, 2.45) is 5.92 Å². The fourth-order valence-electron chi connectivity index (χ4n) is 1.38. The Bertz CT molecular complexity index is 269. The smallest absolute Gasteiger partial charge is 0.315 e. The summed E-state index contributed by atoms with van der Waals surface area (Å²) in [7, 11) is 0. The Kier molecular flexibility index (Phi) is 7.03. The Labute approximate surface area is 107 Å². The minimum atomic E-state index is -0.925. The highest BCUT2D eigenvalue weighted by Gasteiger charge is 2.23. The highest BCUT2D eigenvalue weighted by Crippen LogP contribution is 2.08. The first-order valence-electron chi connectivity index (χ1n) is 5.53. The Balaban J connectivity index is 3.96. The zero-order valence-electron chi connectivity index (χ0n) is 10.9. The third-order valence-electron chi connectivity index (χ3n) is 2.11. The molecule has 0 rings (SSSR count). The van der Waals surface area contributed by atoms with Crippen LogP contribution in [0, 0.1) is 5.92 Å². The summed E-state index contributed by atoms with van der Waals surface area (Å²) in [6, 6.07) is -0.316. The predicted molar refractivity (Wildman–Crippen MR) is 70.4 cm³/mol. The molecule has 0 bridgehead atoms. The van der Waals surface area contributed by atoms with Crippen molar-refractivity contribution in [3.63, 3.8) is 0 Å². The van der Waals surface area contributed by atoms with Crippen LogP contribution in [0.15, 0.2) is 0 Å². The molecule has 0 aromatic heterocycles. The lowest BCUT2D eigenvalue weighted by Crippen LogP contribution is -2.50. The standard InChI is InChI=1S/C11H22N2O3S/c1-8(7-17-4)6-12-10(16)13-11(2,3)5-9(14)15/h8H,5-7H2,1-4H3,(H,14,15)(H2,12,13,16). The van der Waals surface area contributed by atoms with Crippen molar-refractivity contribution in [2.45, 2.75) is 32.7 Å². The van der Waals surface area contributed by atoms with Gasteiger partial charge in [-0.1, -0.05) is 6.92 Å². The maximum Gasteiger partial charge on any atom is 0.315 e. The fourth-order valence-corrected chi connectivity index (χ4v) is 2.07. The second kappa shape index (κ2) is 7.42. The van der Waals surface area contributed by atoms with Gasteiger partial charge in [0.1, 0.15) is 0 Å². The zero-order valence-corrected chi connectivity index (χ0v) is 11.7. The number of carbonyl (C=O) groups excluding carboxylic acids is 1. The van der Waals surface area contributed by atoms with E-state index in [1.165, 1.54) is 0 Å². The molecule has 2 amide bonds. The molecule has 0 radical (unpaired) electrons. The van der Waals surface area contributed by atoms with E-state index in [4.69, 9.17) is 5.11 Å². The first kappa shape index (κ1) is 16.1. The lowest BCUT2D eigenvalue weighted by atomic mass is 10.0. The van der Waals surface area contributed by atoms with E-state index in [2.05, 4.69) is 17.6 Å². The first-order chi connectivity index (χ1) is 7.76. The Morgan fingerprint density at radius 2 is 2.00 bits per heavy atom. The summed E-state index contributed by atoms with van der Waals surface area (Å²) in [6.07, 6.45) is 1.92. The number of hydrogen-bond donors (Lipinski definition) is 3. The zero-order chi connectivity index (χ0) is 13.5. The summed E-state index contributed by atoms with van der Waals surface area (Å²) in [5.41, 5.74) is -0.737. The number of rotatable bonds is 7. The molecule has 0 spiro atoms. The van der Waals surface area contributed by atoms with Crippen molar-refractivity contribution in [1.29, 1.82) is 0 Å². The number of thioether (sulfide) groups is 1. The highest BCUT2D eigenvalue weighted by molar-refractivity contribution is 7.98. The summed E-state index contributed by atoms with van der Waals surface area (Å²) >= 11 is 1.73. The van der Waals surface area contributed by atoms with Gasteiger partial charge in [0.05, 0.1) is 6.42 Å². The predicted octanol–water partition coefficient (Wildman–Crippen LogP) is 1.54. The lowest BCUT2D eigenvalue weighted by Gasteiger charge is -2.24. The van der Waals surface area contributed by atoms with Gasteiger partial charge in [0.2, 0.25) is 0 Å². The van der Waals surface area contributed by atoms with Crippen LogP contribution in [0.1, 0.15) is 27.2 Å². The van der Waals surface area contributed by atoms with Gasteiger partial charge in [0.25, 0.3) is 0 Å². The Morgan fingerprint density at radius 1 is 1.41 bits per heavy atom. The molecule has 3 N–H and O–H groups in total. The molecule has 0 saturated carbocycles. The highest BCUT2D eigenvalue weighted by atomic mass is 32.2. The van der Waals surface area contributed by atoms with Gasteiger partial charge in [-0.25, -0.2) is 4.79 Å². The summed E-state index contributed by atoms with van der Waals surface area (Å²) < 4.78 is 0. The molecule has 5 nitrogen and oxygen atoms in total. The van der Waals surface area contributed by atoms with Crippen molar-refractivity contribution in [2.75, 3.05) is 18.6 Å². The number of aliphatic carboxylic acids is 1. The van der Waals surface area contributed by atoms with Crippen LogP contribution in [0.5, 0.6) is 0 Å². The molecule has 1 unspecified atom stereocenters. The third kappa shape index (κ3) is 8.85. The molecule has 0 saturated heterocycles. The van der Waals surface area contributed by atoms with E-state index < -0.39 is 11.5 Å². The van der Waals surface area contributed by atoms with Crippen LogP contribution >= 0.6 is 11.8 Å². The number of carbonyl (C=O) groups is 2. The number of hydrogen-bond acceptors (Lipinski definition) is 3. The molecule has 0 fully saturated rings. The largest absolute Gasteiger partial charge is 0.481 e. The molecule has 1 atom stereocenters. The van der Waals surface area contributed by atoms with Crippen LogP contribution in [-0.4, -0.2) is 41.2 Å². The van der Waals surface area contributed by atoms with Gasteiger partial charge in [0, 0.05) is 12.1 Å². The van der Waals surface area contributed by atoms with Crippen LogP contribution in [0.3, 0.4) is 0 Å². The molecular formula is C11H22N2O3S. The quantitative estimate of drug-likeness (QED) is 0.650. The topological polar surface area (TPSA) is 78.4 Å². The van der Waals surface area contributed by atoms with E-state index in [0.717, 1.165) is 5.75 Å². The van der Waals surface area contributed by atoms with Gasteiger partial charge in [-0.2, -0.15) is 11.8 Å². The van der Waals surface area contributed by atoms with Gasteiger partial charge in [-0.05, 0) is 31.8 Å². The molecule has 0 aliphatic rings. The van der Waals surface area contributed by atoms with E-state index in [1.54, 1.807) is 25.6 Å². The van der Waals surface area contributed by atoms with E-state index in [0.29, 0.717) is 12.5 Å². The van der Waals surface area contributed by atoms with E-state index in [1.807, 2.05) is 6.26 Å². The van der Waals surface area contributed by atoms with Crippen molar-refractivity contribution >= 4 is 23.8 Å². The minimum absolute atomic E-state index is 0.0964. The van der Waals surface area contributed by atoms with E-state index in [-0.39, 0.29) is 12.5 Å². The molecule has 0 heterocycles. The molecule has 0 aromatic rings. The number of amides is 2. The van der Waals surface area contributed by atoms with Crippen molar-refractivity contribution < 1.29 is 14.7 Å². The average Bonchev–Trinajstić information content (AvgIpc) is 2.12. The molecule has 0 aliphatic carbocycles. The summed E-state index contributed by atoms with van der Waals surface area (Å²) in [5.74, 6) is 0.461. The van der Waals surface area contributed by atoms with Gasteiger partial charge in [0.15, 0.2) is 0 Å². The summed E-state index contributed by atoms with van der Waals surface area (Å²) in [5, 5.41) is 14.1. The molecule has 0 aliphatic heterocycles. The number of carboxylic acids is 1. The van der Waals surface area contributed by atoms with Crippen LogP contribution in [0.25, 0.3) is 0 Å². The number of nitrogens with one attached hydrogen (secondary N) is 2. The van der Waals surface area contributed by atoms with E-state index in [9.17, 15) is 9.59 Å². The lowest BCUT2D eigenvalue weighted by molar-refractivity contribution is -0.138. The molecular weight excluding hydrogens is 240 g/mol. The second-order valence-electron chi connectivity index (χ2n) is 4.85. The normalized spacial score (nSPS) is 12.9. The van der Waals surface area contributed by atoms with Gasteiger partial charge in [-0.15, -0.1) is 0 Å². The minimum Gasteiger partial charge on any atom is -0.481 e. The monoisotopic (exact) mass is 262 g/mol. The van der Waals surface area contributed by atoms with Crippen LogP contribution in [-0.2, 0) is 4.79 Å². The maximum absolute atomic E-state index is 11.5. The van der Waals surface area contributed by atoms with Crippen molar-refractivity contribution in [3.05, 3.63) is 0 Å². The third-order valence-corrected chi connectivity index (χ3v) is 3.01. The number of carboxylic acid groups (broad SMARTS) is 1. The maximum atomic E-state index is 11.5. The van der Waals surface area contributed by atoms with Crippen molar-refractivity contribution in [3.8, 4) is 0 Å². The SMILES string of the molecule is CSCC(C)CNC(=O)NC(C)(C)CC(=O)O. The molecule has 0 aromatic carbocycles. The van der Waals surface area contributed by atoms with E-state index >= 15 is 0 Å².